The highest BCUT2D eigenvalue weighted by Gasteiger charge is 2.30. The maximum Gasteiger partial charge on any atom is 0.417 e. The first-order valence-corrected chi connectivity index (χ1v) is 6.20. The zero-order valence-corrected chi connectivity index (χ0v) is 11.1. The van der Waals surface area contributed by atoms with E-state index >= 15 is 0 Å². The first kappa shape index (κ1) is 14.9. The van der Waals surface area contributed by atoms with Gasteiger partial charge in [-0.25, -0.2) is 4.98 Å². The molecule has 108 valence electrons. The molecule has 1 aromatic heterocycles. The van der Waals surface area contributed by atoms with Crippen molar-refractivity contribution in [2.75, 3.05) is 5.32 Å². The Morgan fingerprint density at radius 3 is 2.29 bits per heavy atom. The summed E-state index contributed by atoms with van der Waals surface area (Å²) in [6.45, 7) is 1.86. The molecule has 0 saturated heterocycles. The van der Waals surface area contributed by atoms with Crippen LogP contribution in [0, 0.1) is 11.3 Å². The number of aromatic nitrogens is 1. The van der Waals surface area contributed by atoms with Gasteiger partial charge in [0.15, 0.2) is 0 Å². The minimum atomic E-state index is -4.38. The van der Waals surface area contributed by atoms with E-state index in [0.29, 0.717) is 11.4 Å². The summed E-state index contributed by atoms with van der Waals surface area (Å²) in [5, 5.41) is 11.7. The van der Waals surface area contributed by atoms with Gasteiger partial charge in [0.2, 0.25) is 0 Å². The van der Waals surface area contributed by atoms with E-state index in [1.807, 2.05) is 13.0 Å². The summed E-state index contributed by atoms with van der Waals surface area (Å²) in [6, 6.07) is 11.1. The lowest BCUT2D eigenvalue weighted by Gasteiger charge is -2.15. The normalized spacial score (nSPS) is 12.5. The molecule has 0 aliphatic rings. The molecule has 2 aromatic rings. The molecule has 0 bridgehead atoms. The molecule has 0 fully saturated rings. The van der Waals surface area contributed by atoms with Gasteiger partial charge in [0.25, 0.3) is 0 Å². The van der Waals surface area contributed by atoms with Gasteiger partial charge >= 0.3 is 6.18 Å². The fourth-order valence-corrected chi connectivity index (χ4v) is 1.80. The van der Waals surface area contributed by atoms with Gasteiger partial charge in [-0.05, 0) is 36.8 Å². The second kappa shape index (κ2) is 5.83. The fourth-order valence-electron chi connectivity index (χ4n) is 1.80. The number of halogens is 3. The van der Waals surface area contributed by atoms with Crippen LogP contribution in [-0.2, 0) is 6.18 Å². The Kier molecular flexibility index (Phi) is 4.13. The standard InChI is InChI=1S/C15H12F3N3/c1-10(12-4-2-11(8-19)3-5-12)21-14-7-6-13(9-20-14)15(16,17)18/h2-7,9-10H,1H3,(H,20,21)/t10-/m1/s1. The van der Waals surface area contributed by atoms with E-state index in [1.165, 1.54) is 6.07 Å². The van der Waals surface area contributed by atoms with Crippen molar-refractivity contribution in [3.63, 3.8) is 0 Å². The smallest absolute Gasteiger partial charge is 0.364 e. The van der Waals surface area contributed by atoms with Crippen molar-refractivity contribution in [1.29, 1.82) is 5.26 Å². The molecule has 21 heavy (non-hydrogen) atoms. The number of pyridine rings is 1. The van der Waals surface area contributed by atoms with Gasteiger partial charge in [-0.2, -0.15) is 18.4 Å². The summed E-state index contributed by atoms with van der Waals surface area (Å²) in [7, 11) is 0. The fraction of sp³-hybridized carbons (Fsp3) is 0.200. The van der Waals surface area contributed by atoms with Crippen LogP contribution in [0.4, 0.5) is 19.0 Å². The molecule has 0 radical (unpaired) electrons. The average molecular weight is 291 g/mol. The molecule has 0 spiro atoms. The molecule has 6 heteroatoms. The summed E-state index contributed by atoms with van der Waals surface area (Å²) >= 11 is 0. The van der Waals surface area contributed by atoms with Crippen molar-refractivity contribution in [2.45, 2.75) is 19.1 Å². The highest BCUT2D eigenvalue weighted by atomic mass is 19.4. The van der Waals surface area contributed by atoms with E-state index < -0.39 is 11.7 Å². The van der Waals surface area contributed by atoms with Crippen molar-refractivity contribution in [2.24, 2.45) is 0 Å². The third kappa shape index (κ3) is 3.72. The van der Waals surface area contributed by atoms with Gasteiger partial charge in [-0.15, -0.1) is 0 Å². The summed E-state index contributed by atoms with van der Waals surface area (Å²) in [5.74, 6) is 0.361. The number of nitriles is 1. The van der Waals surface area contributed by atoms with E-state index in [0.717, 1.165) is 17.8 Å². The second-order valence-electron chi connectivity index (χ2n) is 4.53. The van der Waals surface area contributed by atoms with Crippen molar-refractivity contribution in [1.82, 2.24) is 4.98 Å². The molecule has 0 amide bonds. The summed E-state index contributed by atoms with van der Waals surface area (Å²) in [6.07, 6.45) is -3.59. The first-order chi connectivity index (χ1) is 9.90. The third-order valence-electron chi connectivity index (χ3n) is 2.99. The Labute approximate surface area is 120 Å². The molecule has 1 aromatic carbocycles. The van der Waals surface area contributed by atoms with Crippen LogP contribution >= 0.6 is 0 Å². The number of alkyl halides is 3. The largest absolute Gasteiger partial charge is 0.417 e. The minimum Gasteiger partial charge on any atom is -0.364 e. The van der Waals surface area contributed by atoms with E-state index in [4.69, 9.17) is 5.26 Å². The van der Waals surface area contributed by atoms with E-state index in [9.17, 15) is 13.2 Å². The molecule has 1 atom stereocenters. The molecule has 0 aliphatic heterocycles. The molecule has 0 unspecified atom stereocenters. The highest BCUT2D eigenvalue weighted by Crippen LogP contribution is 2.29. The lowest BCUT2D eigenvalue weighted by atomic mass is 10.1. The SMILES string of the molecule is C[C@@H](Nc1ccc(C(F)(F)F)cn1)c1ccc(C#N)cc1. The maximum atomic E-state index is 12.4. The van der Waals surface area contributed by atoms with Crippen LogP contribution in [0.1, 0.15) is 29.7 Å². The molecule has 1 N–H and O–H groups in total. The second-order valence-corrected chi connectivity index (χ2v) is 4.53. The number of rotatable bonds is 3. The molecule has 1 heterocycles. The summed E-state index contributed by atoms with van der Waals surface area (Å²) in [5.41, 5.74) is 0.688. The van der Waals surface area contributed by atoms with Crippen LogP contribution in [-0.4, -0.2) is 4.98 Å². The summed E-state index contributed by atoms with van der Waals surface area (Å²) < 4.78 is 37.3. The van der Waals surface area contributed by atoms with Crippen LogP contribution in [0.2, 0.25) is 0 Å². The Balaban J connectivity index is 2.08. The molecular weight excluding hydrogens is 279 g/mol. The van der Waals surface area contributed by atoms with Gasteiger partial charge in [-0.3, -0.25) is 0 Å². The zero-order chi connectivity index (χ0) is 15.5. The van der Waals surface area contributed by atoms with Crippen LogP contribution in [0.5, 0.6) is 0 Å². The van der Waals surface area contributed by atoms with E-state index in [-0.39, 0.29) is 6.04 Å². The number of anilines is 1. The highest BCUT2D eigenvalue weighted by molar-refractivity contribution is 5.41. The minimum absolute atomic E-state index is 0.137. The third-order valence-corrected chi connectivity index (χ3v) is 2.99. The average Bonchev–Trinajstić information content (AvgIpc) is 2.47. The van der Waals surface area contributed by atoms with Crippen molar-refractivity contribution >= 4 is 5.82 Å². The molecule has 0 aliphatic carbocycles. The van der Waals surface area contributed by atoms with Crippen molar-refractivity contribution < 1.29 is 13.2 Å². The topological polar surface area (TPSA) is 48.7 Å². The van der Waals surface area contributed by atoms with Crippen LogP contribution in [0.15, 0.2) is 42.6 Å². The van der Waals surface area contributed by atoms with Gasteiger partial charge in [0, 0.05) is 12.2 Å². The number of hydrogen-bond donors (Lipinski definition) is 1. The Morgan fingerprint density at radius 2 is 1.81 bits per heavy atom. The van der Waals surface area contributed by atoms with E-state index in [2.05, 4.69) is 10.3 Å². The number of nitrogens with zero attached hydrogens (tertiary/aromatic N) is 2. The predicted octanol–water partition coefficient (Wildman–Crippen LogP) is 4.15. The van der Waals surface area contributed by atoms with E-state index in [1.54, 1.807) is 24.3 Å². The van der Waals surface area contributed by atoms with Gasteiger partial charge < -0.3 is 5.32 Å². The van der Waals surface area contributed by atoms with Crippen LogP contribution in [0.25, 0.3) is 0 Å². The van der Waals surface area contributed by atoms with Gasteiger partial charge in [0.05, 0.1) is 17.2 Å². The molecule has 3 nitrogen and oxygen atoms in total. The monoisotopic (exact) mass is 291 g/mol. The lowest BCUT2D eigenvalue weighted by Crippen LogP contribution is -2.10. The zero-order valence-electron chi connectivity index (χ0n) is 11.1. The molecule has 2 rings (SSSR count). The number of benzene rings is 1. The van der Waals surface area contributed by atoms with Crippen molar-refractivity contribution in [3.8, 4) is 6.07 Å². The van der Waals surface area contributed by atoms with Crippen molar-refractivity contribution in [3.05, 3.63) is 59.3 Å². The Morgan fingerprint density at radius 1 is 1.14 bits per heavy atom. The summed E-state index contributed by atoms with van der Waals surface area (Å²) in [4.78, 5) is 3.76. The Bertz CT molecular complexity index is 640. The molecule has 0 saturated carbocycles. The van der Waals surface area contributed by atoms with Gasteiger partial charge in [-0.1, -0.05) is 12.1 Å². The molecular formula is C15H12F3N3. The maximum absolute atomic E-state index is 12.4. The number of nitrogens with one attached hydrogen (secondary N) is 1. The van der Waals surface area contributed by atoms with Crippen LogP contribution in [0.3, 0.4) is 0 Å². The predicted molar refractivity (Wildman–Crippen MR) is 72.4 cm³/mol. The van der Waals surface area contributed by atoms with Crippen LogP contribution < -0.4 is 5.32 Å². The Hall–Kier alpha value is -2.55. The number of hydrogen-bond acceptors (Lipinski definition) is 3. The quantitative estimate of drug-likeness (QED) is 0.924. The first-order valence-electron chi connectivity index (χ1n) is 6.20. The van der Waals surface area contributed by atoms with Gasteiger partial charge in [0.1, 0.15) is 5.82 Å². The lowest BCUT2D eigenvalue weighted by molar-refractivity contribution is -0.137.